The first kappa shape index (κ1) is 13.1. The minimum absolute atomic E-state index is 0.163. The maximum Gasteiger partial charge on any atom is 0.336 e. The normalized spacial score (nSPS) is 10.5. The molecule has 0 saturated carbocycles. The molecule has 3 rings (SSSR count). The van der Waals surface area contributed by atoms with Crippen LogP contribution < -0.4 is 4.74 Å². The Balaban J connectivity index is 2.08. The number of benzene rings is 1. The van der Waals surface area contributed by atoms with Crippen molar-refractivity contribution in [3.05, 3.63) is 54.5 Å². The average Bonchev–Trinajstić information content (AvgIpc) is 3.17. The van der Waals surface area contributed by atoms with Crippen molar-refractivity contribution in [3.63, 3.8) is 0 Å². The largest absolute Gasteiger partial charge is 0.463 e. The third-order valence-electron chi connectivity index (χ3n) is 2.82. The van der Waals surface area contributed by atoms with E-state index in [1.54, 1.807) is 12.1 Å². The molecule has 0 N–H and O–H groups in total. The molecular weight excluding hydrogens is 270 g/mol. The van der Waals surface area contributed by atoms with Gasteiger partial charge in [0.25, 0.3) is 0 Å². The third-order valence-corrected chi connectivity index (χ3v) is 2.82. The predicted octanol–water partition coefficient (Wildman–Crippen LogP) is 2.63. The van der Waals surface area contributed by atoms with Gasteiger partial charge in [0.05, 0.1) is 12.9 Å². The summed E-state index contributed by atoms with van der Waals surface area (Å²) in [6.07, 6.45) is 1.44. The molecule has 0 aliphatic heterocycles. The number of carbonyl (C=O) groups is 1. The highest BCUT2D eigenvalue weighted by Gasteiger charge is 2.21. The van der Waals surface area contributed by atoms with E-state index in [-0.39, 0.29) is 11.8 Å². The molecule has 0 bridgehead atoms. The van der Waals surface area contributed by atoms with E-state index in [4.69, 9.17) is 9.15 Å². The number of aromatic nitrogens is 3. The van der Waals surface area contributed by atoms with E-state index in [0.29, 0.717) is 12.4 Å². The van der Waals surface area contributed by atoms with E-state index in [1.165, 1.54) is 10.9 Å². The molecule has 21 heavy (non-hydrogen) atoms. The second kappa shape index (κ2) is 5.62. The molecule has 106 valence electrons. The number of nitrogens with zero attached hydrogens (tertiary/aromatic N) is 3. The number of hydrogen-bond donors (Lipinski definition) is 0. The highest BCUT2D eigenvalue weighted by atomic mass is 16.5. The number of furan rings is 1. The molecule has 1 aromatic carbocycles. The number of hydrogen-bond acceptors (Lipinski definition) is 5. The van der Waals surface area contributed by atoms with Crippen LogP contribution in [0.4, 0.5) is 0 Å². The van der Waals surface area contributed by atoms with E-state index in [9.17, 15) is 4.79 Å². The van der Waals surface area contributed by atoms with Crippen LogP contribution in [0.15, 0.2) is 53.1 Å². The smallest absolute Gasteiger partial charge is 0.336 e. The van der Waals surface area contributed by atoms with Gasteiger partial charge in [0.2, 0.25) is 0 Å². The Bertz CT molecular complexity index is 733. The van der Waals surface area contributed by atoms with Gasteiger partial charge in [0.15, 0.2) is 11.6 Å². The van der Waals surface area contributed by atoms with Crippen LogP contribution in [0.25, 0.3) is 11.4 Å². The summed E-state index contributed by atoms with van der Waals surface area (Å²) in [5.41, 5.74) is 0.774. The van der Waals surface area contributed by atoms with Crippen molar-refractivity contribution >= 4 is 5.91 Å². The summed E-state index contributed by atoms with van der Waals surface area (Å²) in [7, 11) is 0. The van der Waals surface area contributed by atoms with Crippen molar-refractivity contribution in [2.75, 3.05) is 6.61 Å². The summed E-state index contributed by atoms with van der Waals surface area (Å²) in [6.45, 7) is 2.25. The second-order valence-electron chi connectivity index (χ2n) is 4.21. The molecule has 0 aliphatic carbocycles. The zero-order valence-electron chi connectivity index (χ0n) is 11.4. The molecule has 0 amide bonds. The summed E-state index contributed by atoms with van der Waals surface area (Å²) in [6, 6.07) is 12.7. The van der Waals surface area contributed by atoms with Gasteiger partial charge in [-0.15, -0.1) is 5.10 Å². The average molecular weight is 283 g/mol. The lowest BCUT2D eigenvalue weighted by Gasteiger charge is -2.01. The van der Waals surface area contributed by atoms with Crippen LogP contribution in [0.2, 0.25) is 0 Å². The highest BCUT2D eigenvalue weighted by Crippen LogP contribution is 2.21. The molecule has 6 nitrogen and oxygen atoms in total. The first-order valence-corrected chi connectivity index (χ1v) is 6.53. The first-order valence-electron chi connectivity index (χ1n) is 6.53. The molecule has 0 atom stereocenters. The van der Waals surface area contributed by atoms with Gasteiger partial charge in [-0.2, -0.15) is 9.67 Å². The SMILES string of the molecule is CCOc1nc(-c2ccccc2)n(C(=O)c2ccco2)n1. The molecule has 2 heterocycles. The summed E-state index contributed by atoms with van der Waals surface area (Å²) in [4.78, 5) is 16.7. The van der Waals surface area contributed by atoms with Gasteiger partial charge < -0.3 is 9.15 Å². The number of ether oxygens (including phenoxy) is 1. The molecule has 0 fully saturated rings. The van der Waals surface area contributed by atoms with Crippen LogP contribution in [0, 0.1) is 0 Å². The fraction of sp³-hybridized carbons (Fsp3) is 0.133. The predicted molar refractivity (Wildman–Crippen MR) is 75.1 cm³/mol. The first-order chi connectivity index (χ1) is 10.3. The van der Waals surface area contributed by atoms with Crippen LogP contribution in [0.5, 0.6) is 6.01 Å². The Hall–Kier alpha value is -2.89. The summed E-state index contributed by atoms with van der Waals surface area (Å²) in [5, 5.41) is 4.11. The van der Waals surface area contributed by atoms with Crippen molar-refractivity contribution < 1.29 is 13.9 Å². The van der Waals surface area contributed by atoms with Crippen molar-refractivity contribution in [1.82, 2.24) is 14.8 Å². The lowest BCUT2D eigenvalue weighted by molar-refractivity contribution is 0.0917. The Morgan fingerprint density at radius 1 is 1.24 bits per heavy atom. The van der Waals surface area contributed by atoms with Crippen LogP contribution in [0.3, 0.4) is 0 Å². The van der Waals surface area contributed by atoms with Gasteiger partial charge in [-0.1, -0.05) is 30.3 Å². The maximum atomic E-state index is 12.4. The zero-order chi connectivity index (χ0) is 14.7. The molecule has 0 saturated heterocycles. The van der Waals surface area contributed by atoms with Crippen molar-refractivity contribution in [2.45, 2.75) is 6.92 Å². The minimum Gasteiger partial charge on any atom is -0.463 e. The fourth-order valence-corrected chi connectivity index (χ4v) is 1.90. The van der Waals surface area contributed by atoms with E-state index in [1.807, 2.05) is 37.3 Å². The molecular formula is C15H13N3O3. The minimum atomic E-state index is -0.391. The van der Waals surface area contributed by atoms with Crippen molar-refractivity contribution in [3.8, 4) is 17.4 Å². The Labute approximate surface area is 121 Å². The van der Waals surface area contributed by atoms with Gasteiger partial charge >= 0.3 is 11.9 Å². The number of carbonyl (C=O) groups excluding carboxylic acids is 1. The Morgan fingerprint density at radius 3 is 2.71 bits per heavy atom. The lowest BCUT2D eigenvalue weighted by atomic mass is 10.2. The quantitative estimate of drug-likeness (QED) is 0.736. The standard InChI is InChI=1S/C15H13N3O3/c1-2-20-15-16-13(11-7-4-3-5-8-11)18(17-15)14(19)12-9-6-10-21-12/h3-10H,2H2,1H3. The van der Waals surface area contributed by atoms with Crippen LogP contribution in [-0.2, 0) is 0 Å². The van der Waals surface area contributed by atoms with Gasteiger partial charge in [-0.05, 0) is 19.1 Å². The molecule has 2 aromatic heterocycles. The van der Waals surface area contributed by atoms with E-state index in [0.717, 1.165) is 5.56 Å². The molecule has 3 aromatic rings. The van der Waals surface area contributed by atoms with Gasteiger partial charge in [0, 0.05) is 5.56 Å². The molecule has 0 aliphatic rings. The van der Waals surface area contributed by atoms with Gasteiger partial charge in [0.1, 0.15) is 0 Å². The molecule has 6 heteroatoms. The summed E-state index contributed by atoms with van der Waals surface area (Å²) >= 11 is 0. The molecule has 0 unspecified atom stereocenters. The lowest BCUT2D eigenvalue weighted by Crippen LogP contribution is -2.14. The monoisotopic (exact) mass is 283 g/mol. The van der Waals surface area contributed by atoms with E-state index in [2.05, 4.69) is 10.1 Å². The highest BCUT2D eigenvalue weighted by molar-refractivity contribution is 5.94. The zero-order valence-corrected chi connectivity index (χ0v) is 11.4. The van der Waals surface area contributed by atoms with Crippen LogP contribution in [0.1, 0.15) is 17.5 Å². The van der Waals surface area contributed by atoms with Crippen molar-refractivity contribution in [1.29, 1.82) is 0 Å². The maximum absolute atomic E-state index is 12.4. The topological polar surface area (TPSA) is 70.2 Å². The second-order valence-corrected chi connectivity index (χ2v) is 4.21. The van der Waals surface area contributed by atoms with E-state index < -0.39 is 5.91 Å². The van der Waals surface area contributed by atoms with Gasteiger partial charge in [-0.3, -0.25) is 4.79 Å². The Kier molecular flexibility index (Phi) is 3.51. The fourth-order valence-electron chi connectivity index (χ4n) is 1.90. The molecule has 0 spiro atoms. The van der Waals surface area contributed by atoms with Crippen LogP contribution >= 0.6 is 0 Å². The van der Waals surface area contributed by atoms with E-state index >= 15 is 0 Å². The third kappa shape index (κ3) is 2.55. The van der Waals surface area contributed by atoms with Crippen molar-refractivity contribution in [2.24, 2.45) is 0 Å². The number of rotatable bonds is 4. The van der Waals surface area contributed by atoms with Crippen LogP contribution in [-0.4, -0.2) is 27.3 Å². The summed E-state index contributed by atoms with van der Waals surface area (Å²) in [5.74, 6) is 0.220. The van der Waals surface area contributed by atoms with Gasteiger partial charge in [-0.25, -0.2) is 0 Å². The summed E-state index contributed by atoms with van der Waals surface area (Å²) < 4.78 is 11.6. The molecule has 0 radical (unpaired) electrons. The Morgan fingerprint density at radius 2 is 2.05 bits per heavy atom.